The van der Waals surface area contributed by atoms with E-state index in [2.05, 4.69) is 19.4 Å². The summed E-state index contributed by atoms with van der Waals surface area (Å²) in [4.78, 5) is 6.38. The minimum absolute atomic E-state index is 0.0594. The lowest BCUT2D eigenvalue weighted by Crippen LogP contribution is -2.24. The fourth-order valence-corrected chi connectivity index (χ4v) is 2.45. The van der Waals surface area contributed by atoms with Crippen molar-refractivity contribution < 1.29 is 26.3 Å². The van der Waals surface area contributed by atoms with Crippen LogP contribution in [0.15, 0.2) is 41.6 Å². The van der Waals surface area contributed by atoms with Crippen LogP contribution in [0, 0.1) is 0 Å². The third-order valence-electron chi connectivity index (χ3n) is 2.35. The quantitative estimate of drug-likeness (QED) is 0.879. The van der Waals surface area contributed by atoms with Crippen LogP contribution in [-0.4, -0.2) is 24.7 Å². The van der Waals surface area contributed by atoms with E-state index in [1.807, 2.05) is 0 Å². The predicted molar refractivity (Wildman–Crippen MR) is 65.7 cm³/mol. The predicted octanol–water partition coefficient (Wildman–Crippen LogP) is 1.79. The fourth-order valence-electron chi connectivity index (χ4n) is 1.46. The molecule has 1 heterocycles. The highest BCUT2D eigenvalue weighted by atomic mass is 32.2. The Morgan fingerprint density at radius 1 is 1.24 bits per heavy atom. The Bertz CT molecular complexity index is 682. The monoisotopic (exact) mass is 321 g/mol. The molecule has 2 rings (SSSR count). The van der Waals surface area contributed by atoms with Crippen molar-refractivity contribution >= 4 is 10.0 Å². The van der Waals surface area contributed by atoms with E-state index in [4.69, 9.17) is 0 Å². The molecule has 0 radical (unpaired) electrons. The molecule has 21 heavy (non-hydrogen) atoms. The number of H-pyrrole nitrogens is 1. The number of hydrogen-bond acceptors (Lipinski definition) is 4. The Morgan fingerprint density at radius 2 is 1.90 bits per heavy atom. The molecule has 2 aromatic rings. The van der Waals surface area contributed by atoms with E-state index >= 15 is 0 Å². The number of benzene rings is 1. The van der Waals surface area contributed by atoms with Crippen LogP contribution in [0.2, 0.25) is 0 Å². The summed E-state index contributed by atoms with van der Waals surface area (Å²) in [7, 11) is -3.84. The van der Waals surface area contributed by atoms with Gasteiger partial charge in [-0.1, -0.05) is 0 Å². The zero-order chi connectivity index (χ0) is 15.5. The topological polar surface area (TPSA) is 84.1 Å². The van der Waals surface area contributed by atoms with E-state index in [0.29, 0.717) is 5.82 Å². The third kappa shape index (κ3) is 4.46. The summed E-state index contributed by atoms with van der Waals surface area (Å²) in [5, 5.41) is 0. The van der Waals surface area contributed by atoms with Crippen LogP contribution in [0.4, 0.5) is 13.2 Å². The van der Waals surface area contributed by atoms with E-state index in [0.717, 1.165) is 24.3 Å². The first-order chi connectivity index (χ1) is 9.76. The number of rotatable bonds is 5. The summed E-state index contributed by atoms with van der Waals surface area (Å²) in [5.74, 6) is -0.0805. The van der Waals surface area contributed by atoms with Crippen molar-refractivity contribution in [2.45, 2.75) is 17.8 Å². The first-order valence-electron chi connectivity index (χ1n) is 5.60. The van der Waals surface area contributed by atoms with Gasteiger partial charge in [0.1, 0.15) is 11.6 Å². The number of halogens is 3. The van der Waals surface area contributed by atoms with Crippen LogP contribution in [0.25, 0.3) is 0 Å². The van der Waals surface area contributed by atoms with Gasteiger partial charge in [0.05, 0.1) is 11.4 Å². The van der Waals surface area contributed by atoms with Gasteiger partial charge in [-0.15, -0.1) is 13.2 Å². The number of ether oxygens (including phenoxy) is 1. The summed E-state index contributed by atoms with van der Waals surface area (Å²) in [5.41, 5.74) is 0. The number of nitrogens with one attached hydrogen (secondary N) is 2. The van der Waals surface area contributed by atoms with Gasteiger partial charge in [0.25, 0.3) is 0 Å². The van der Waals surface area contributed by atoms with Crippen LogP contribution in [0.3, 0.4) is 0 Å². The molecule has 0 bridgehead atoms. The second-order valence-electron chi connectivity index (χ2n) is 3.88. The maximum Gasteiger partial charge on any atom is 0.573 e. The molecular formula is C11H10F3N3O3S. The lowest BCUT2D eigenvalue weighted by Gasteiger charge is -2.09. The summed E-state index contributed by atoms with van der Waals surface area (Å²) in [6.45, 7) is -0.0594. The molecule has 0 aliphatic rings. The first-order valence-corrected chi connectivity index (χ1v) is 7.08. The van der Waals surface area contributed by atoms with Gasteiger partial charge in [-0.25, -0.2) is 18.1 Å². The number of alkyl halides is 3. The zero-order valence-corrected chi connectivity index (χ0v) is 11.2. The zero-order valence-electron chi connectivity index (χ0n) is 10.4. The lowest BCUT2D eigenvalue weighted by atomic mass is 10.3. The average Bonchev–Trinajstić information content (AvgIpc) is 2.88. The summed E-state index contributed by atoms with van der Waals surface area (Å²) >= 11 is 0. The molecule has 0 aliphatic carbocycles. The van der Waals surface area contributed by atoms with Gasteiger partial charge < -0.3 is 9.72 Å². The molecular weight excluding hydrogens is 311 g/mol. The molecule has 1 aromatic heterocycles. The molecule has 0 unspecified atom stereocenters. The van der Waals surface area contributed by atoms with Gasteiger partial charge in [-0.3, -0.25) is 0 Å². The molecule has 0 amide bonds. The van der Waals surface area contributed by atoms with Crippen LogP contribution in [0.5, 0.6) is 5.75 Å². The van der Waals surface area contributed by atoms with E-state index in [1.165, 1.54) is 12.4 Å². The van der Waals surface area contributed by atoms with Crippen LogP contribution < -0.4 is 9.46 Å². The maximum atomic E-state index is 12.0. The SMILES string of the molecule is O=S(=O)(NCc1ncc[nH]1)c1ccc(OC(F)(F)F)cc1. The lowest BCUT2D eigenvalue weighted by molar-refractivity contribution is -0.274. The molecule has 0 saturated carbocycles. The number of sulfonamides is 1. The highest BCUT2D eigenvalue weighted by molar-refractivity contribution is 7.89. The molecule has 6 nitrogen and oxygen atoms in total. The second-order valence-corrected chi connectivity index (χ2v) is 5.65. The van der Waals surface area contributed by atoms with Gasteiger partial charge in [0.15, 0.2) is 0 Å². The highest BCUT2D eigenvalue weighted by Gasteiger charge is 2.31. The Hall–Kier alpha value is -2.07. The number of aromatic nitrogens is 2. The van der Waals surface area contributed by atoms with Crippen molar-refractivity contribution in [2.75, 3.05) is 0 Å². The molecule has 114 valence electrons. The van der Waals surface area contributed by atoms with Crippen LogP contribution in [-0.2, 0) is 16.6 Å². The molecule has 0 fully saturated rings. The Morgan fingerprint density at radius 3 is 2.43 bits per heavy atom. The molecule has 0 atom stereocenters. The van der Waals surface area contributed by atoms with Crippen molar-refractivity contribution in [3.05, 3.63) is 42.5 Å². The highest BCUT2D eigenvalue weighted by Crippen LogP contribution is 2.23. The van der Waals surface area contributed by atoms with Gasteiger partial charge >= 0.3 is 6.36 Å². The minimum atomic E-state index is -4.82. The Balaban J connectivity index is 2.06. The third-order valence-corrected chi connectivity index (χ3v) is 3.77. The van der Waals surface area contributed by atoms with Crippen LogP contribution >= 0.6 is 0 Å². The standard InChI is InChI=1S/C11H10F3N3O3S/c12-11(13,14)20-8-1-3-9(4-2-8)21(18,19)17-7-10-15-5-6-16-10/h1-6,17H,7H2,(H,15,16). The Labute approximate surface area is 118 Å². The minimum Gasteiger partial charge on any atom is -0.406 e. The summed E-state index contributed by atoms with van der Waals surface area (Å²) in [6.07, 6.45) is -1.82. The average molecular weight is 321 g/mol. The fraction of sp³-hybridized carbons (Fsp3) is 0.182. The molecule has 2 N–H and O–H groups in total. The molecule has 0 saturated heterocycles. The summed E-state index contributed by atoms with van der Waals surface area (Å²) < 4.78 is 65.7. The largest absolute Gasteiger partial charge is 0.573 e. The number of nitrogens with zero attached hydrogens (tertiary/aromatic N) is 1. The van der Waals surface area contributed by atoms with Crippen molar-refractivity contribution in [3.8, 4) is 5.75 Å². The van der Waals surface area contributed by atoms with Crippen LogP contribution in [0.1, 0.15) is 5.82 Å². The number of imidazole rings is 1. The Kier molecular flexibility index (Phi) is 4.19. The van der Waals surface area contributed by atoms with Crippen molar-refractivity contribution in [2.24, 2.45) is 0 Å². The van der Waals surface area contributed by atoms with Gasteiger partial charge in [-0.05, 0) is 24.3 Å². The summed E-state index contributed by atoms with van der Waals surface area (Å²) in [6, 6.07) is 3.89. The maximum absolute atomic E-state index is 12.0. The van der Waals surface area contributed by atoms with E-state index in [-0.39, 0.29) is 11.4 Å². The first kappa shape index (κ1) is 15.3. The molecule has 0 spiro atoms. The van der Waals surface area contributed by atoms with E-state index in [1.54, 1.807) is 0 Å². The normalized spacial score (nSPS) is 12.3. The second kappa shape index (κ2) is 5.74. The molecule has 10 heteroatoms. The van der Waals surface area contributed by atoms with E-state index < -0.39 is 22.1 Å². The number of aromatic amines is 1. The van der Waals surface area contributed by atoms with Gasteiger partial charge in [0.2, 0.25) is 10.0 Å². The smallest absolute Gasteiger partial charge is 0.406 e. The molecule has 0 aliphatic heterocycles. The van der Waals surface area contributed by atoms with Gasteiger partial charge in [0, 0.05) is 12.4 Å². The van der Waals surface area contributed by atoms with Crippen molar-refractivity contribution in [1.82, 2.24) is 14.7 Å². The van der Waals surface area contributed by atoms with Gasteiger partial charge in [-0.2, -0.15) is 0 Å². The van der Waals surface area contributed by atoms with Crippen molar-refractivity contribution in [1.29, 1.82) is 0 Å². The number of hydrogen-bond donors (Lipinski definition) is 2. The van der Waals surface area contributed by atoms with E-state index in [9.17, 15) is 21.6 Å². The molecule has 1 aromatic carbocycles. The van der Waals surface area contributed by atoms with Crippen molar-refractivity contribution in [3.63, 3.8) is 0 Å².